The van der Waals surface area contributed by atoms with Crippen LogP contribution in [-0.2, 0) is 23.1 Å². The first-order valence-electron chi connectivity index (χ1n) is 4.45. The minimum atomic E-state index is -3.31. The van der Waals surface area contributed by atoms with Crippen molar-refractivity contribution >= 4 is 13.6 Å². The number of cyclic esters (lactones) is 1. The van der Waals surface area contributed by atoms with Crippen molar-refractivity contribution in [1.29, 1.82) is 0 Å². The van der Waals surface area contributed by atoms with E-state index in [4.69, 9.17) is 13.8 Å². The van der Waals surface area contributed by atoms with Gasteiger partial charge in [-0.2, -0.15) is 0 Å². The standard InChI is InChI=1S/C8H15O5P/c1-6-4-5-7(8(9)13-6)14(10,11-2)12-3/h6-7H,4-5H2,1-3H3. The number of hydrogen-bond acceptors (Lipinski definition) is 5. The maximum Gasteiger partial charge on any atom is 0.344 e. The van der Waals surface area contributed by atoms with Gasteiger partial charge in [-0.05, 0) is 19.8 Å². The van der Waals surface area contributed by atoms with Gasteiger partial charge in [-0.1, -0.05) is 0 Å². The first-order valence-corrected chi connectivity index (χ1v) is 6.06. The highest BCUT2D eigenvalue weighted by molar-refractivity contribution is 7.55. The highest BCUT2D eigenvalue weighted by Gasteiger charge is 2.43. The van der Waals surface area contributed by atoms with Crippen molar-refractivity contribution in [3.8, 4) is 0 Å². The molecule has 0 aliphatic carbocycles. The Balaban J connectivity index is 2.78. The fourth-order valence-electron chi connectivity index (χ4n) is 1.46. The molecule has 1 aliphatic rings. The van der Waals surface area contributed by atoms with Crippen molar-refractivity contribution in [2.24, 2.45) is 0 Å². The van der Waals surface area contributed by atoms with Gasteiger partial charge in [0.15, 0.2) is 5.66 Å². The topological polar surface area (TPSA) is 61.8 Å². The molecule has 5 nitrogen and oxygen atoms in total. The third-order valence-electron chi connectivity index (χ3n) is 2.33. The van der Waals surface area contributed by atoms with Gasteiger partial charge in [0.2, 0.25) is 0 Å². The predicted molar refractivity (Wildman–Crippen MR) is 50.2 cm³/mol. The van der Waals surface area contributed by atoms with E-state index in [1.807, 2.05) is 0 Å². The molecule has 0 spiro atoms. The molecule has 2 unspecified atom stereocenters. The van der Waals surface area contributed by atoms with Crippen LogP contribution in [0, 0.1) is 0 Å². The van der Waals surface area contributed by atoms with Crippen LogP contribution in [0.15, 0.2) is 0 Å². The average Bonchev–Trinajstić information content (AvgIpc) is 2.17. The number of hydrogen-bond donors (Lipinski definition) is 0. The van der Waals surface area contributed by atoms with Crippen molar-refractivity contribution in [3.05, 3.63) is 0 Å². The Morgan fingerprint density at radius 1 is 1.36 bits per heavy atom. The SMILES string of the molecule is COP(=O)(OC)C1CCC(C)OC1=O. The third-order valence-corrected chi connectivity index (χ3v) is 4.58. The van der Waals surface area contributed by atoms with Gasteiger partial charge in [0.05, 0.1) is 6.10 Å². The van der Waals surface area contributed by atoms with Gasteiger partial charge in [0.1, 0.15) is 0 Å². The van der Waals surface area contributed by atoms with Crippen LogP contribution in [0.25, 0.3) is 0 Å². The van der Waals surface area contributed by atoms with Crippen LogP contribution in [0.2, 0.25) is 0 Å². The van der Waals surface area contributed by atoms with E-state index in [-0.39, 0.29) is 6.10 Å². The summed E-state index contributed by atoms with van der Waals surface area (Å²) in [5.74, 6) is -0.490. The molecule has 1 aliphatic heterocycles. The van der Waals surface area contributed by atoms with Gasteiger partial charge in [0.25, 0.3) is 0 Å². The molecule has 0 saturated carbocycles. The minimum absolute atomic E-state index is 0.110. The lowest BCUT2D eigenvalue weighted by atomic mass is 10.1. The van der Waals surface area contributed by atoms with E-state index in [1.54, 1.807) is 6.92 Å². The Labute approximate surface area is 83.3 Å². The Morgan fingerprint density at radius 3 is 2.36 bits per heavy atom. The zero-order valence-corrected chi connectivity index (χ0v) is 9.45. The highest BCUT2D eigenvalue weighted by atomic mass is 31.2. The third kappa shape index (κ3) is 2.16. The second kappa shape index (κ2) is 4.43. The molecule has 1 fully saturated rings. The van der Waals surface area contributed by atoms with Gasteiger partial charge in [-0.25, -0.2) is 0 Å². The highest BCUT2D eigenvalue weighted by Crippen LogP contribution is 2.54. The molecule has 0 bridgehead atoms. The molecule has 14 heavy (non-hydrogen) atoms. The van der Waals surface area contributed by atoms with E-state index in [0.717, 1.165) is 0 Å². The second-order valence-corrected chi connectivity index (χ2v) is 5.68. The molecule has 1 saturated heterocycles. The summed E-state index contributed by atoms with van der Waals surface area (Å²) in [4.78, 5) is 11.4. The maximum absolute atomic E-state index is 11.9. The van der Waals surface area contributed by atoms with Crippen LogP contribution in [0.4, 0.5) is 0 Å². The van der Waals surface area contributed by atoms with E-state index in [0.29, 0.717) is 12.8 Å². The summed E-state index contributed by atoms with van der Waals surface area (Å²) in [7, 11) is -0.767. The molecule has 0 aromatic heterocycles. The van der Waals surface area contributed by atoms with Crippen LogP contribution in [0.3, 0.4) is 0 Å². The lowest BCUT2D eigenvalue weighted by Crippen LogP contribution is -2.34. The fourth-order valence-corrected chi connectivity index (χ4v) is 2.90. The normalized spacial score (nSPS) is 28.6. The lowest BCUT2D eigenvalue weighted by Gasteiger charge is -2.29. The zero-order valence-electron chi connectivity index (χ0n) is 8.56. The van der Waals surface area contributed by atoms with E-state index in [9.17, 15) is 9.36 Å². The van der Waals surface area contributed by atoms with Gasteiger partial charge in [-0.15, -0.1) is 0 Å². The minimum Gasteiger partial charge on any atom is -0.462 e. The van der Waals surface area contributed by atoms with E-state index in [2.05, 4.69) is 0 Å². The largest absolute Gasteiger partial charge is 0.462 e. The van der Waals surface area contributed by atoms with Crippen LogP contribution in [0.1, 0.15) is 19.8 Å². The molecule has 0 aromatic rings. The Kier molecular flexibility index (Phi) is 3.70. The molecule has 6 heteroatoms. The smallest absolute Gasteiger partial charge is 0.344 e. The summed E-state index contributed by atoms with van der Waals surface area (Å²) in [6, 6.07) is 0. The molecular weight excluding hydrogens is 207 g/mol. The Hall–Kier alpha value is -0.380. The fraction of sp³-hybridized carbons (Fsp3) is 0.875. The van der Waals surface area contributed by atoms with Crippen LogP contribution in [0.5, 0.6) is 0 Å². The van der Waals surface area contributed by atoms with E-state index in [1.165, 1.54) is 14.2 Å². The Bertz CT molecular complexity index is 256. The summed E-state index contributed by atoms with van der Waals surface area (Å²) in [6.45, 7) is 1.80. The van der Waals surface area contributed by atoms with Crippen molar-refractivity contribution in [2.75, 3.05) is 14.2 Å². The molecule has 2 atom stereocenters. The Morgan fingerprint density at radius 2 is 1.93 bits per heavy atom. The number of rotatable bonds is 3. The quantitative estimate of drug-likeness (QED) is 0.535. The van der Waals surface area contributed by atoms with Gasteiger partial charge >= 0.3 is 13.6 Å². The summed E-state index contributed by atoms with van der Waals surface area (Å²) < 4.78 is 26.4. The first-order chi connectivity index (χ1) is 6.53. The number of ether oxygens (including phenoxy) is 1. The molecule has 0 radical (unpaired) electrons. The van der Waals surface area contributed by atoms with Crippen LogP contribution >= 0.6 is 7.60 Å². The number of carbonyl (C=O) groups is 1. The number of carbonyl (C=O) groups excluding carboxylic acids is 1. The van der Waals surface area contributed by atoms with Gasteiger partial charge < -0.3 is 13.8 Å². The first kappa shape index (κ1) is 11.7. The lowest BCUT2D eigenvalue weighted by molar-refractivity contribution is -0.152. The molecule has 0 amide bonds. The van der Waals surface area contributed by atoms with Crippen molar-refractivity contribution < 1.29 is 23.1 Å². The van der Waals surface area contributed by atoms with Crippen LogP contribution < -0.4 is 0 Å². The van der Waals surface area contributed by atoms with Crippen molar-refractivity contribution in [2.45, 2.75) is 31.5 Å². The maximum atomic E-state index is 11.9. The second-order valence-electron chi connectivity index (χ2n) is 3.25. The van der Waals surface area contributed by atoms with E-state index >= 15 is 0 Å². The summed E-state index contributed by atoms with van der Waals surface area (Å²) in [6.07, 6.45) is 1.06. The molecule has 0 N–H and O–H groups in total. The predicted octanol–water partition coefficient (Wildman–Crippen LogP) is 1.57. The van der Waals surface area contributed by atoms with Gasteiger partial charge in [0, 0.05) is 14.2 Å². The monoisotopic (exact) mass is 222 g/mol. The van der Waals surface area contributed by atoms with Crippen LogP contribution in [-0.4, -0.2) is 32.0 Å². The molecular formula is C8H15O5P. The summed E-state index contributed by atoms with van der Waals surface area (Å²) in [5, 5.41) is 0. The molecule has 1 rings (SSSR count). The summed E-state index contributed by atoms with van der Waals surface area (Å²) in [5.41, 5.74) is -0.770. The number of esters is 1. The summed E-state index contributed by atoms with van der Waals surface area (Å²) >= 11 is 0. The van der Waals surface area contributed by atoms with Gasteiger partial charge in [-0.3, -0.25) is 9.36 Å². The van der Waals surface area contributed by atoms with Crippen molar-refractivity contribution in [1.82, 2.24) is 0 Å². The molecule has 1 heterocycles. The molecule has 0 aromatic carbocycles. The molecule has 82 valence electrons. The van der Waals surface area contributed by atoms with E-state index < -0.39 is 19.2 Å². The average molecular weight is 222 g/mol. The van der Waals surface area contributed by atoms with Crippen molar-refractivity contribution in [3.63, 3.8) is 0 Å². The zero-order chi connectivity index (χ0) is 10.8.